The topological polar surface area (TPSA) is 59.9 Å². The second-order valence-electron chi connectivity index (χ2n) is 2.38. The van der Waals surface area contributed by atoms with Crippen molar-refractivity contribution >= 4 is 22.9 Å². The molecule has 0 aliphatic carbocycles. The van der Waals surface area contributed by atoms with Crippen LogP contribution in [0, 0.1) is 0 Å². The Morgan fingerprint density at radius 3 is 3.23 bits per heavy atom. The molecule has 0 aromatic carbocycles. The highest BCUT2D eigenvalue weighted by atomic mass is 32.2. The van der Waals surface area contributed by atoms with E-state index in [9.17, 15) is 4.79 Å². The number of amides is 1. The molecule has 74 valence electrons. The Hall–Kier alpha value is -0.750. The predicted molar refractivity (Wildman–Crippen MR) is 50.6 cm³/mol. The third kappa shape index (κ3) is 3.23. The summed E-state index contributed by atoms with van der Waals surface area (Å²) in [7, 11) is 1.48. The summed E-state index contributed by atoms with van der Waals surface area (Å²) >= 11 is 1.49. The summed E-state index contributed by atoms with van der Waals surface area (Å²) < 4.78 is 5.30. The highest BCUT2D eigenvalue weighted by Gasteiger charge is 2.21. The molecule has 1 rings (SSSR count). The van der Waals surface area contributed by atoms with Crippen molar-refractivity contribution in [1.29, 1.82) is 0 Å². The summed E-state index contributed by atoms with van der Waals surface area (Å²) in [5.74, 6) is 0. The first-order valence-electron chi connectivity index (χ1n) is 4.00. The third-order valence-corrected chi connectivity index (χ3v) is 2.62. The van der Waals surface area contributed by atoms with Crippen LogP contribution in [0.5, 0.6) is 0 Å². The second kappa shape index (κ2) is 5.08. The minimum absolute atomic E-state index is 0.145. The van der Waals surface area contributed by atoms with E-state index in [1.54, 1.807) is 0 Å². The van der Waals surface area contributed by atoms with Crippen molar-refractivity contribution in [2.45, 2.75) is 18.8 Å². The van der Waals surface area contributed by atoms with Gasteiger partial charge in [-0.25, -0.2) is 4.79 Å². The Labute approximate surface area is 80.8 Å². The number of rotatable bonds is 2. The number of carbonyl (C=O) groups excluding carboxylic acids is 1. The Bertz CT molecular complexity index is 220. The number of carbonyl (C=O) groups is 1. The van der Waals surface area contributed by atoms with Crippen molar-refractivity contribution < 1.29 is 14.4 Å². The van der Waals surface area contributed by atoms with Gasteiger partial charge < -0.3 is 10.1 Å². The maximum atomic E-state index is 10.6. The lowest BCUT2D eigenvalue weighted by Crippen LogP contribution is -2.17. The summed E-state index contributed by atoms with van der Waals surface area (Å²) in [4.78, 5) is 15.1. The average molecular weight is 204 g/mol. The van der Waals surface area contributed by atoms with E-state index < -0.39 is 6.09 Å². The van der Waals surface area contributed by atoms with Crippen LogP contribution in [0.25, 0.3) is 0 Å². The van der Waals surface area contributed by atoms with E-state index in [0.717, 1.165) is 6.42 Å². The smallest absolute Gasteiger partial charge is 0.360 e. The highest BCUT2D eigenvalue weighted by molar-refractivity contribution is 8.14. The van der Waals surface area contributed by atoms with Gasteiger partial charge in [-0.15, -0.1) is 0 Å². The van der Waals surface area contributed by atoms with Crippen molar-refractivity contribution in [2.24, 2.45) is 5.16 Å². The molecule has 0 radical (unpaired) electrons. The van der Waals surface area contributed by atoms with Crippen molar-refractivity contribution in [1.82, 2.24) is 5.32 Å². The lowest BCUT2D eigenvalue weighted by Gasteiger charge is -1.99. The van der Waals surface area contributed by atoms with E-state index in [0.29, 0.717) is 11.7 Å². The minimum Gasteiger partial charge on any atom is -0.360 e. The van der Waals surface area contributed by atoms with Crippen LogP contribution in [-0.4, -0.2) is 30.2 Å². The summed E-state index contributed by atoms with van der Waals surface area (Å²) in [6.45, 7) is 2.46. The maximum absolute atomic E-state index is 10.6. The lowest BCUT2D eigenvalue weighted by molar-refractivity contribution is 0.144. The fraction of sp³-hybridized carbons (Fsp3) is 0.714. The van der Waals surface area contributed by atoms with Gasteiger partial charge in [0.15, 0.2) is 0 Å². The molecule has 1 fully saturated rings. The molecule has 1 saturated heterocycles. The number of thioether (sulfide) groups is 1. The largest absolute Gasteiger partial charge is 0.433 e. The summed E-state index contributed by atoms with van der Waals surface area (Å²) in [6, 6.07) is 0. The van der Waals surface area contributed by atoms with Gasteiger partial charge >= 0.3 is 6.09 Å². The molecular formula is C7H12N2O3S. The first-order chi connectivity index (χ1) is 6.26. The van der Waals surface area contributed by atoms with Crippen LogP contribution in [0.15, 0.2) is 5.16 Å². The van der Waals surface area contributed by atoms with Gasteiger partial charge in [-0.3, -0.25) is 4.84 Å². The first-order valence-corrected chi connectivity index (χ1v) is 4.88. The molecule has 5 nitrogen and oxygen atoms in total. The molecule has 1 unspecified atom stereocenters. The molecule has 0 aromatic heterocycles. The molecule has 1 N–H and O–H groups in total. The van der Waals surface area contributed by atoms with Gasteiger partial charge in [0.25, 0.3) is 0 Å². The van der Waals surface area contributed by atoms with Crippen LogP contribution in [0.2, 0.25) is 0 Å². The van der Waals surface area contributed by atoms with E-state index in [2.05, 4.69) is 15.3 Å². The van der Waals surface area contributed by atoms with Crippen LogP contribution in [0.3, 0.4) is 0 Å². The number of oxime groups is 1. The van der Waals surface area contributed by atoms with E-state index >= 15 is 0 Å². The molecule has 0 aromatic rings. The van der Waals surface area contributed by atoms with Crippen LogP contribution < -0.4 is 5.32 Å². The fourth-order valence-electron chi connectivity index (χ4n) is 0.771. The van der Waals surface area contributed by atoms with Gasteiger partial charge in [0.05, 0.1) is 6.61 Å². The third-order valence-electron chi connectivity index (χ3n) is 1.43. The van der Waals surface area contributed by atoms with E-state index in [1.165, 1.54) is 18.8 Å². The lowest BCUT2D eigenvalue weighted by atomic mass is 10.5. The zero-order chi connectivity index (χ0) is 9.68. The van der Waals surface area contributed by atoms with E-state index in [4.69, 9.17) is 4.74 Å². The molecule has 1 aliphatic rings. The molecule has 1 heterocycles. The van der Waals surface area contributed by atoms with E-state index in [1.807, 2.05) is 6.92 Å². The van der Waals surface area contributed by atoms with Crippen molar-refractivity contribution in [3.63, 3.8) is 0 Å². The van der Waals surface area contributed by atoms with Crippen molar-refractivity contribution in [3.8, 4) is 0 Å². The van der Waals surface area contributed by atoms with Crippen LogP contribution in [0.1, 0.15) is 13.3 Å². The monoisotopic (exact) mass is 204 g/mol. The zero-order valence-electron chi connectivity index (χ0n) is 7.57. The second-order valence-corrected chi connectivity index (χ2v) is 3.61. The van der Waals surface area contributed by atoms with Crippen LogP contribution in [0.4, 0.5) is 4.79 Å². The number of hydrogen-bond acceptors (Lipinski definition) is 5. The first kappa shape index (κ1) is 10.3. The van der Waals surface area contributed by atoms with Crippen LogP contribution >= 0.6 is 11.8 Å². The molecule has 0 saturated carbocycles. The normalized spacial score (nSPS) is 24.8. The zero-order valence-corrected chi connectivity index (χ0v) is 8.39. The SMILES string of the molecule is CCC1OC/C(=N\OC(=O)NC)S1. The molecule has 1 amide bonds. The van der Waals surface area contributed by atoms with Crippen LogP contribution in [-0.2, 0) is 9.57 Å². The standard InChI is InChI=1S/C7H12N2O3S/c1-3-6-11-4-5(13-6)9-12-7(10)8-2/h6H,3-4H2,1-2H3,(H,8,10)/b9-5+. The van der Waals surface area contributed by atoms with Crippen molar-refractivity contribution in [3.05, 3.63) is 0 Å². The summed E-state index contributed by atoms with van der Waals surface area (Å²) in [5, 5.41) is 6.63. The van der Waals surface area contributed by atoms with E-state index in [-0.39, 0.29) is 5.44 Å². The molecule has 0 spiro atoms. The number of nitrogens with one attached hydrogen (secondary N) is 1. The fourth-order valence-corrected chi connectivity index (χ4v) is 1.59. The molecular weight excluding hydrogens is 192 g/mol. The molecule has 1 aliphatic heterocycles. The van der Waals surface area contributed by atoms with Gasteiger partial charge in [-0.05, 0) is 6.42 Å². The van der Waals surface area contributed by atoms with Gasteiger partial charge in [-0.2, -0.15) is 0 Å². The Morgan fingerprint density at radius 1 is 1.92 bits per heavy atom. The van der Waals surface area contributed by atoms with Gasteiger partial charge in [0, 0.05) is 7.05 Å². The average Bonchev–Trinajstić information content (AvgIpc) is 2.61. The molecule has 6 heteroatoms. The van der Waals surface area contributed by atoms with Crippen molar-refractivity contribution in [2.75, 3.05) is 13.7 Å². The molecule has 0 bridgehead atoms. The Balaban J connectivity index is 2.33. The number of ether oxygens (including phenoxy) is 1. The van der Waals surface area contributed by atoms with Gasteiger partial charge in [0.1, 0.15) is 10.5 Å². The highest BCUT2D eigenvalue weighted by Crippen LogP contribution is 2.25. The quantitative estimate of drug-likeness (QED) is 0.541. The van der Waals surface area contributed by atoms with Gasteiger partial charge in [0.2, 0.25) is 0 Å². The Kier molecular flexibility index (Phi) is 4.04. The maximum Gasteiger partial charge on any atom is 0.433 e. The molecule has 13 heavy (non-hydrogen) atoms. The number of hydrogen-bond donors (Lipinski definition) is 1. The van der Waals surface area contributed by atoms with Gasteiger partial charge in [-0.1, -0.05) is 23.8 Å². The Morgan fingerprint density at radius 2 is 2.69 bits per heavy atom. The number of nitrogens with zero attached hydrogens (tertiary/aromatic N) is 1. The summed E-state index contributed by atoms with van der Waals surface area (Å²) in [6.07, 6.45) is 0.358. The minimum atomic E-state index is -0.562. The molecule has 1 atom stereocenters. The predicted octanol–water partition coefficient (Wildman–Crippen LogP) is 1.16. The summed E-state index contributed by atoms with van der Waals surface area (Å²) in [5.41, 5.74) is 0.145.